The Balaban J connectivity index is 2.44. The van der Waals surface area contributed by atoms with Crippen LogP contribution in [0.1, 0.15) is 5.56 Å². The van der Waals surface area contributed by atoms with Crippen LogP contribution in [0.5, 0.6) is 0 Å². The molecule has 0 bridgehead atoms. The third kappa shape index (κ3) is 3.50. The lowest BCUT2D eigenvalue weighted by atomic mass is 10.2. The molecule has 5 N–H and O–H groups in total. The van der Waals surface area contributed by atoms with Gasteiger partial charge in [0.05, 0.1) is 4.90 Å². The Morgan fingerprint density at radius 3 is 2.50 bits per heavy atom. The van der Waals surface area contributed by atoms with Crippen LogP contribution in [0.25, 0.3) is 0 Å². The number of rotatable bonds is 3. The van der Waals surface area contributed by atoms with Crippen molar-refractivity contribution in [2.24, 2.45) is 5.14 Å². The Morgan fingerprint density at radius 1 is 1.15 bits per heavy atom. The molecule has 0 amide bonds. The van der Waals surface area contributed by atoms with Gasteiger partial charge in [0.25, 0.3) is 0 Å². The van der Waals surface area contributed by atoms with E-state index >= 15 is 0 Å². The predicted octanol–water partition coefficient (Wildman–Crippen LogP) is 2.73. The second kappa shape index (κ2) is 5.43. The third-order valence-electron chi connectivity index (χ3n) is 2.74. The van der Waals surface area contributed by atoms with Crippen LogP contribution in [0.2, 0.25) is 0 Å². The van der Waals surface area contributed by atoms with Crippen LogP contribution < -0.4 is 16.2 Å². The number of aryl methyl sites for hydroxylation is 1. The molecule has 0 radical (unpaired) electrons. The van der Waals surface area contributed by atoms with E-state index < -0.39 is 10.0 Å². The quantitative estimate of drug-likeness (QED) is 0.737. The minimum absolute atomic E-state index is 0.0207. The first-order valence-corrected chi connectivity index (χ1v) is 8.06. The van der Waals surface area contributed by atoms with Crippen LogP contribution in [0, 0.1) is 6.92 Å². The largest absolute Gasteiger partial charge is 0.399 e. The maximum Gasteiger partial charge on any atom is 0.238 e. The number of nitrogens with one attached hydrogen (secondary N) is 1. The van der Waals surface area contributed by atoms with Crippen LogP contribution >= 0.6 is 15.9 Å². The van der Waals surface area contributed by atoms with Crippen LogP contribution in [0.15, 0.2) is 45.8 Å². The van der Waals surface area contributed by atoms with E-state index in [2.05, 4.69) is 21.2 Å². The molecule has 0 saturated heterocycles. The lowest BCUT2D eigenvalue weighted by Gasteiger charge is -2.12. The average molecular weight is 356 g/mol. The van der Waals surface area contributed by atoms with Crippen LogP contribution in [-0.2, 0) is 10.0 Å². The molecule has 0 heterocycles. The van der Waals surface area contributed by atoms with Gasteiger partial charge in [-0.1, -0.05) is 22.0 Å². The van der Waals surface area contributed by atoms with Gasteiger partial charge >= 0.3 is 0 Å². The molecule has 0 spiro atoms. The zero-order valence-electron chi connectivity index (χ0n) is 10.7. The number of nitrogens with two attached hydrogens (primary N) is 2. The van der Waals surface area contributed by atoms with E-state index in [0.717, 1.165) is 15.7 Å². The van der Waals surface area contributed by atoms with E-state index in [0.29, 0.717) is 11.4 Å². The smallest absolute Gasteiger partial charge is 0.238 e. The Labute approximate surface area is 126 Å². The number of anilines is 3. The molecule has 2 rings (SSSR count). The minimum Gasteiger partial charge on any atom is -0.399 e. The summed E-state index contributed by atoms with van der Waals surface area (Å²) in [7, 11) is -3.79. The molecule has 5 nitrogen and oxygen atoms in total. The first-order valence-electron chi connectivity index (χ1n) is 5.72. The summed E-state index contributed by atoms with van der Waals surface area (Å²) in [6.07, 6.45) is 0. The highest BCUT2D eigenvalue weighted by Gasteiger charge is 2.10. The lowest BCUT2D eigenvalue weighted by molar-refractivity contribution is 0.598. The number of benzene rings is 2. The fourth-order valence-corrected chi connectivity index (χ4v) is 2.70. The van der Waals surface area contributed by atoms with Crippen molar-refractivity contribution in [3.8, 4) is 0 Å². The van der Waals surface area contributed by atoms with Crippen LogP contribution in [0.4, 0.5) is 17.1 Å². The molecule has 0 aliphatic rings. The molecule has 0 aliphatic heterocycles. The van der Waals surface area contributed by atoms with E-state index in [1.165, 1.54) is 12.1 Å². The van der Waals surface area contributed by atoms with Gasteiger partial charge < -0.3 is 11.1 Å². The van der Waals surface area contributed by atoms with Gasteiger partial charge in [-0.2, -0.15) is 0 Å². The van der Waals surface area contributed by atoms with Gasteiger partial charge in [-0.3, -0.25) is 0 Å². The van der Waals surface area contributed by atoms with Crippen molar-refractivity contribution < 1.29 is 8.42 Å². The predicted molar refractivity (Wildman–Crippen MR) is 84.4 cm³/mol. The zero-order valence-corrected chi connectivity index (χ0v) is 13.1. The summed E-state index contributed by atoms with van der Waals surface area (Å²) in [5.74, 6) is 0. The normalized spacial score (nSPS) is 11.3. The molecular weight excluding hydrogens is 342 g/mol. The molecule has 0 fully saturated rings. The summed E-state index contributed by atoms with van der Waals surface area (Å²) >= 11 is 3.39. The molecule has 2 aromatic rings. The van der Waals surface area contributed by atoms with Crippen molar-refractivity contribution in [1.82, 2.24) is 0 Å². The summed E-state index contributed by atoms with van der Waals surface area (Å²) < 4.78 is 23.7. The van der Waals surface area contributed by atoms with E-state index in [-0.39, 0.29) is 4.90 Å². The fourth-order valence-electron chi connectivity index (χ4n) is 1.74. The Bertz CT molecular complexity index is 760. The number of primary sulfonamides is 1. The molecule has 0 aromatic heterocycles. The lowest BCUT2D eigenvalue weighted by Crippen LogP contribution is -2.12. The third-order valence-corrected chi connectivity index (χ3v) is 4.12. The molecule has 0 saturated carbocycles. The van der Waals surface area contributed by atoms with Crippen molar-refractivity contribution >= 4 is 43.0 Å². The second-order valence-electron chi connectivity index (χ2n) is 4.42. The molecule has 2 aromatic carbocycles. The van der Waals surface area contributed by atoms with Gasteiger partial charge in [0.15, 0.2) is 0 Å². The average Bonchev–Trinajstić information content (AvgIpc) is 2.32. The maximum atomic E-state index is 11.4. The van der Waals surface area contributed by atoms with Crippen molar-refractivity contribution in [1.29, 1.82) is 0 Å². The van der Waals surface area contributed by atoms with Crippen molar-refractivity contribution in [2.45, 2.75) is 11.8 Å². The number of sulfonamides is 1. The molecule has 0 atom stereocenters. The number of hydrogen-bond donors (Lipinski definition) is 3. The van der Waals surface area contributed by atoms with Gasteiger partial charge in [0.2, 0.25) is 10.0 Å². The SMILES string of the molecule is Cc1ccc(Br)cc1Nc1cc(N)cc(S(N)(=O)=O)c1. The number of hydrogen-bond acceptors (Lipinski definition) is 4. The zero-order chi connectivity index (χ0) is 14.9. The molecule has 0 aliphatic carbocycles. The highest BCUT2D eigenvalue weighted by Crippen LogP contribution is 2.27. The first-order chi connectivity index (χ1) is 9.25. The molecule has 0 unspecified atom stereocenters. The Kier molecular flexibility index (Phi) is 4.03. The van der Waals surface area contributed by atoms with Crippen molar-refractivity contribution in [3.05, 3.63) is 46.4 Å². The summed E-state index contributed by atoms with van der Waals surface area (Å²) in [5, 5.41) is 8.26. The van der Waals surface area contributed by atoms with Gasteiger partial charge in [0, 0.05) is 21.5 Å². The maximum absolute atomic E-state index is 11.4. The topological polar surface area (TPSA) is 98.2 Å². The summed E-state index contributed by atoms with van der Waals surface area (Å²) in [6.45, 7) is 1.95. The van der Waals surface area contributed by atoms with Gasteiger partial charge in [-0.25, -0.2) is 13.6 Å². The minimum atomic E-state index is -3.79. The van der Waals surface area contributed by atoms with E-state index in [1.54, 1.807) is 6.07 Å². The molecule has 106 valence electrons. The van der Waals surface area contributed by atoms with Crippen molar-refractivity contribution in [3.63, 3.8) is 0 Å². The molecular formula is C13H14BrN3O2S. The van der Waals surface area contributed by atoms with Gasteiger partial charge in [0.1, 0.15) is 0 Å². The van der Waals surface area contributed by atoms with E-state index in [4.69, 9.17) is 10.9 Å². The van der Waals surface area contributed by atoms with Crippen molar-refractivity contribution in [2.75, 3.05) is 11.1 Å². The van der Waals surface area contributed by atoms with Crippen LogP contribution in [-0.4, -0.2) is 8.42 Å². The fraction of sp³-hybridized carbons (Fsp3) is 0.0769. The highest BCUT2D eigenvalue weighted by atomic mass is 79.9. The van der Waals surface area contributed by atoms with Gasteiger partial charge in [-0.15, -0.1) is 0 Å². The van der Waals surface area contributed by atoms with Gasteiger partial charge in [-0.05, 0) is 42.8 Å². The highest BCUT2D eigenvalue weighted by molar-refractivity contribution is 9.10. The monoisotopic (exact) mass is 355 g/mol. The Morgan fingerprint density at radius 2 is 1.85 bits per heavy atom. The molecule has 20 heavy (non-hydrogen) atoms. The van der Waals surface area contributed by atoms with E-state index in [1.807, 2.05) is 25.1 Å². The summed E-state index contributed by atoms with van der Waals surface area (Å²) in [4.78, 5) is -0.0207. The second-order valence-corrected chi connectivity index (χ2v) is 6.90. The number of halogens is 1. The Hall–Kier alpha value is -1.57. The molecule has 7 heteroatoms. The van der Waals surface area contributed by atoms with Crippen LogP contribution in [0.3, 0.4) is 0 Å². The summed E-state index contributed by atoms with van der Waals surface area (Å²) in [6, 6.07) is 10.2. The first kappa shape index (κ1) is 14.8. The standard InChI is InChI=1S/C13H14BrN3O2S/c1-8-2-3-9(14)4-13(8)17-11-5-10(15)6-12(7-11)20(16,18)19/h2-7,17H,15H2,1H3,(H2,16,18,19). The number of nitrogen functional groups attached to an aromatic ring is 1. The summed E-state index contributed by atoms with van der Waals surface area (Å²) in [5.41, 5.74) is 8.47. The van der Waals surface area contributed by atoms with E-state index in [9.17, 15) is 8.42 Å².